The second-order valence-corrected chi connectivity index (χ2v) is 18.4. The van der Waals surface area contributed by atoms with Crippen molar-refractivity contribution in [3.05, 3.63) is 91.9 Å². The summed E-state index contributed by atoms with van der Waals surface area (Å²) < 4.78 is 23.2. The maximum atomic E-state index is 14.9. The van der Waals surface area contributed by atoms with E-state index < -0.39 is 23.2 Å². The van der Waals surface area contributed by atoms with Crippen LogP contribution in [0.15, 0.2) is 54.6 Å². The van der Waals surface area contributed by atoms with E-state index in [2.05, 4.69) is 0 Å². The first-order valence-corrected chi connectivity index (χ1v) is 21.3. The molecule has 1 saturated heterocycles. The van der Waals surface area contributed by atoms with E-state index in [9.17, 15) is 14.4 Å². The van der Waals surface area contributed by atoms with Crippen molar-refractivity contribution in [2.45, 2.75) is 111 Å². The Morgan fingerprint density at radius 2 is 1.45 bits per heavy atom. The fourth-order valence-corrected chi connectivity index (χ4v) is 7.96. The number of carbonyl (C=O) groups is 3. The molecule has 0 aromatic heterocycles. The van der Waals surface area contributed by atoms with E-state index in [1.54, 1.807) is 21.9 Å². The summed E-state index contributed by atoms with van der Waals surface area (Å²) in [5.41, 5.74) is 2.53. The average molecular weight is 859 g/mol. The van der Waals surface area contributed by atoms with Gasteiger partial charge in [0.1, 0.15) is 30.2 Å². The number of carbonyl (C=O) groups excluding carboxylic acids is 3. The average Bonchev–Trinajstić information content (AvgIpc) is 3.98. The highest BCUT2D eigenvalue weighted by Gasteiger charge is 2.43. The molecule has 2 atom stereocenters. The number of ether oxygens (including phenoxy) is 4. The Hall–Kier alpha value is -3.86. The minimum absolute atomic E-state index is 0.0183. The Balaban J connectivity index is 1.31. The molecule has 3 aromatic carbocycles. The third-order valence-electron chi connectivity index (χ3n) is 10.1. The molecule has 0 unspecified atom stereocenters. The summed E-state index contributed by atoms with van der Waals surface area (Å²) in [6.07, 6.45) is 2.21. The molecule has 3 amide bonds. The number of rotatable bonds is 14. The lowest BCUT2D eigenvalue weighted by Crippen LogP contribution is -2.51. The van der Waals surface area contributed by atoms with Gasteiger partial charge in [0.25, 0.3) is 0 Å². The molecule has 316 valence electrons. The number of hydrogen-bond acceptors (Lipinski definition) is 7. The quantitative estimate of drug-likeness (QED) is 0.149. The van der Waals surface area contributed by atoms with Crippen molar-refractivity contribution in [2.24, 2.45) is 5.92 Å². The molecule has 58 heavy (non-hydrogen) atoms. The highest BCUT2D eigenvalue weighted by atomic mass is 35.5. The molecule has 5 rings (SSSR count). The first-order chi connectivity index (χ1) is 27.3. The predicted molar refractivity (Wildman–Crippen MR) is 229 cm³/mol. The van der Waals surface area contributed by atoms with Gasteiger partial charge in [-0.3, -0.25) is 4.79 Å². The number of halogens is 3. The van der Waals surface area contributed by atoms with E-state index in [1.165, 1.54) is 0 Å². The Kier molecular flexibility index (Phi) is 15.2. The van der Waals surface area contributed by atoms with Crippen LogP contribution in [-0.4, -0.2) is 89.4 Å². The van der Waals surface area contributed by atoms with E-state index >= 15 is 0 Å². The fourth-order valence-electron chi connectivity index (χ4n) is 7.08. The van der Waals surface area contributed by atoms with Crippen molar-refractivity contribution in [1.82, 2.24) is 14.7 Å². The number of likely N-dealkylation sites (tertiary alicyclic amines) is 1. The van der Waals surface area contributed by atoms with Gasteiger partial charge in [-0.2, -0.15) is 0 Å². The lowest BCUT2D eigenvalue weighted by molar-refractivity contribution is -0.139. The molecule has 0 N–H and O–H groups in total. The molecule has 3 aromatic rings. The second kappa shape index (κ2) is 19.5. The van der Waals surface area contributed by atoms with Gasteiger partial charge in [-0.1, -0.05) is 59.1 Å². The Morgan fingerprint density at radius 3 is 2.05 bits per heavy atom. The largest absolute Gasteiger partial charge is 0.490 e. The third-order valence-corrected chi connectivity index (χ3v) is 11.0. The van der Waals surface area contributed by atoms with E-state index in [0.29, 0.717) is 65.6 Å². The summed E-state index contributed by atoms with van der Waals surface area (Å²) >= 11 is 19.5. The minimum atomic E-state index is -0.671. The molecule has 2 fully saturated rings. The lowest BCUT2D eigenvalue weighted by Gasteiger charge is -2.40. The van der Waals surface area contributed by atoms with Crippen molar-refractivity contribution in [3.63, 3.8) is 0 Å². The highest BCUT2D eigenvalue weighted by molar-refractivity contribution is 6.37. The number of benzene rings is 3. The van der Waals surface area contributed by atoms with Crippen LogP contribution < -0.4 is 9.47 Å². The zero-order valence-electron chi connectivity index (χ0n) is 35.0. The first-order valence-electron chi connectivity index (χ1n) is 20.2. The monoisotopic (exact) mass is 857 g/mol. The van der Waals surface area contributed by atoms with Crippen LogP contribution in [0.3, 0.4) is 0 Å². The van der Waals surface area contributed by atoms with Gasteiger partial charge in [-0.05, 0) is 140 Å². The van der Waals surface area contributed by atoms with Gasteiger partial charge in [0.05, 0.1) is 16.0 Å². The summed E-state index contributed by atoms with van der Waals surface area (Å²) in [4.78, 5) is 46.3. The van der Waals surface area contributed by atoms with Crippen molar-refractivity contribution < 1.29 is 33.3 Å². The second-order valence-electron chi connectivity index (χ2n) is 17.2. The van der Waals surface area contributed by atoms with Crippen LogP contribution in [0.4, 0.5) is 9.59 Å². The van der Waals surface area contributed by atoms with Gasteiger partial charge in [0.15, 0.2) is 5.75 Å². The number of hydrogen-bond donors (Lipinski definition) is 0. The summed E-state index contributed by atoms with van der Waals surface area (Å²) in [6.45, 7) is 17.5. The van der Waals surface area contributed by atoms with Crippen molar-refractivity contribution in [2.75, 3.05) is 39.4 Å². The van der Waals surface area contributed by atoms with Crippen molar-refractivity contribution >= 4 is 52.9 Å². The van der Waals surface area contributed by atoms with E-state index in [1.807, 2.05) is 103 Å². The molecule has 2 aliphatic rings. The fraction of sp³-hybridized carbons (Fsp3) is 0.533. The molecular weight excluding hydrogens is 801 g/mol. The topological polar surface area (TPSA) is 97.9 Å². The smallest absolute Gasteiger partial charge is 0.410 e. The molecule has 13 heteroatoms. The van der Waals surface area contributed by atoms with Crippen LogP contribution in [0.5, 0.6) is 11.5 Å². The highest BCUT2D eigenvalue weighted by Crippen LogP contribution is 2.39. The molecule has 0 bridgehead atoms. The van der Waals surface area contributed by atoms with Gasteiger partial charge in [0.2, 0.25) is 5.91 Å². The van der Waals surface area contributed by atoms with Gasteiger partial charge >= 0.3 is 12.2 Å². The number of nitrogens with zero attached hydrogens (tertiary/aromatic N) is 3. The van der Waals surface area contributed by atoms with Crippen molar-refractivity contribution in [1.29, 1.82) is 0 Å². The van der Waals surface area contributed by atoms with Crippen LogP contribution in [0, 0.1) is 12.8 Å². The molecule has 1 aliphatic heterocycles. The van der Waals surface area contributed by atoms with Crippen LogP contribution in [-0.2, 0) is 27.2 Å². The minimum Gasteiger partial charge on any atom is -0.490 e. The summed E-state index contributed by atoms with van der Waals surface area (Å²) in [7, 11) is 0. The predicted octanol–water partition coefficient (Wildman–Crippen LogP) is 10.7. The van der Waals surface area contributed by atoms with E-state index in [4.69, 9.17) is 53.8 Å². The summed E-state index contributed by atoms with van der Waals surface area (Å²) in [6, 6.07) is 17.3. The molecule has 0 spiro atoms. The standard InChI is InChI=1S/C45H58Cl3N3O7/c1-9-49(42(53)57-44(3,4)5)20-18-30-10-17-37(46)32(26-30)27-51(33-13-14-33)41(52)36-28-50(43(54)58-45(6,7)8)21-19-35(36)31-11-15-34(16-12-31)55-22-23-56-40-38(47)24-29(2)25-39(40)48/h10-12,15-17,24-26,33,35-36H,9,13-14,18-23,27-28H2,1-8H3/t35-,36+/m1/s1. The van der Waals surface area contributed by atoms with Gasteiger partial charge < -0.3 is 33.6 Å². The molecule has 0 radical (unpaired) electrons. The zero-order valence-corrected chi connectivity index (χ0v) is 37.3. The van der Waals surface area contributed by atoms with Gasteiger partial charge in [-0.15, -0.1) is 0 Å². The number of aryl methyl sites for hydroxylation is 1. The number of piperidine rings is 1. The summed E-state index contributed by atoms with van der Waals surface area (Å²) in [5, 5.41) is 1.47. The van der Waals surface area contributed by atoms with Crippen LogP contribution in [0.2, 0.25) is 15.1 Å². The first kappa shape index (κ1) is 45.2. The lowest BCUT2D eigenvalue weighted by atomic mass is 9.79. The van der Waals surface area contributed by atoms with Crippen LogP contribution in [0.25, 0.3) is 0 Å². The van der Waals surface area contributed by atoms with Crippen LogP contribution >= 0.6 is 34.8 Å². The van der Waals surface area contributed by atoms with Crippen LogP contribution in [0.1, 0.15) is 95.9 Å². The normalized spacial score (nSPS) is 17.1. The summed E-state index contributed by atoms with van der Waals surface area (Å²) in [5.74, 6) is 0.403. The molecule has 1 heterocycles. The third kappa shape index (κ3) is 12.8. The van der Waals surface area contributed by atoms with Crippen molar-refractivity contribution in [3.8, 4) is 11.5 Å². The Bertz CT molecular complexity index is 1880. The zero-order chi connectivity index (χ0) is 42.4. The van der Waals surface area contributed by atoms with Gasteiger partial charge in [0, 0.05) is 43.8 Å². The maximum Gasteiger partial charge on any atom is 0.410 e. The molecular formula is C45H58Cl3N3O7. The molecule has 1 saturated carbocycles. The SMILES string of the molecule is CCN(CCc1ccc(Cl)c(CN(C(=O)[C@H]2CN(C(=O)OC(C)(C)C)CC[C@@H]2c2ccc(OCCOc3c(Cl)cc(C)cc3Cl)cc2)C2CC2)c1)C(=O)OC(C)(C)C. The van der Waals surface area contributed by atoms with E-state index in [-0.39, 0.29) is 43.7 Å². The van der Waals surface area contributed by atoms with E-state index in [0.717, 1.165) is 35.1 Å². The number of amides is 3. The Labute approximate surface area is 359 Å². The Morgan fingerprint density at radius 1 is 0.810 bits per heavy atom. The van der Waals surface area contributed by atoms with Gasteiger partial charge in [-0.25, -0.2) is 9.59 Å². The molecule has 10 nitrogen and oxygen atoms in total. The maximum absolute atomic E-state index is 14.9. The number of likely N-dealkylation sites (N-methyl/N-ethyl adjacent to an activating group) is 1. The molecule has 1 aliphatic carbocycles.